The summed E-state index contributed by atoms with van der Waals surface area (Å²) >= 11 is 0. The normalized spacial score (nSPS) is 12.9. The van der Waals surface area contributed by atoms with Crippen molar-refractivity contribution in [1.29, 1.82) is 0 Å². The van der Waals surface area contributed by atoms with E-state index in [9.17, 15) is 0 Å². The third kappa shape index (κ3) is 13.8. The van der Waals surface area contributed by atoms with Gasteiger partial charge in [0.05, 0.1) is 10.8 Å². The van der Waals surface area contributed by atoms with E-state index in [4.69, 9.17) is 0 Å². The molecule has 0 aliphatic heterocycles. The second-order valence-corrected chi connectivity index (χ2v) is 34.0. The molecular weight excluding hydrogens is 1550 g/mol. The smallest absolute Gasteiger partial charge is 0.0727 e. The minimum atomic E-state index is -0.518. The van der Waals surface area contributed by atoms with Crippen molar-refractivity contribution >= 4 is 85.3 Å². The summed E-state index contributed by atoms with van der Waals surface area (Å²) in [5, 5.41) is 0. The Kier molecular flexibility index (Phi) is 20.8. The third-order valence-corrected chi connectivity index (χ3v) is 26.7. The lowest BCUT2D eigenvalue weighted by molar-refractivity contribution is 0.660. The van der Waals surface area contributed by atoms with Crippen LogP contribution in [0.5, 0.6) is 0 Å². The Bertz CT molecular complexity index is 6750. The van der Waals surface area contributed by atoms with E-state index in [0.29, 0.717) is 0 Å². The summed E-state index contributed by atoms with van der Waals surface area (Å²) in [6.07, 6.45) is 0. The van der Waals surface area contributed by atoms with Gasteiger partial charge < -0.3 is 29.4 Å². The molecule has 0 fully saturated rings. The van der Waals surface area contributed by atoms with E-state index in [1.807, 2.05) is 0 Å². The summed E-state index contributed by atoms with van der Waals surface area (Å²) in [6.45, 7) is 4.70. The summed E-state index contributed by atoms with van der Waals surface area (Å²) in [6, 6.07) is 178. The zero-order chi connectivity index (χ0) is 86.3. The fourth-order valence-corrected chi connectivity index (χ4v) is 20.5. The molecule has 0 saturated heterocycles. The van der Waals surface area contributed by atoms with Crippen LogP contribution in [-0.2, 0) is 16.2 Å². The lowest BCUT2D eigenvalue weighted by atomic mass is 9.67. The van der Waals surface area contributed by atoms with Gasteiger partial charge >= 0.3 is 0 Å². The number of para-hydroxylation sites is 9. The first-order chi connectivity index (χ1) is 63.0. The fraction of sp³-hybridized carbons (Fsp3) is 0.0656. The van der Waals surface area contributed by atoms with Gasteiger partial charge in [0.2, 0.25) is 0 Å². The number of rotatable bonds is 17. The number of hydrogen-bond acceptors (Lipinski definition) is 6. The standard InChI is InChI=1S/C44H32N2.C44H34N2.C34H30N2/c1-45(31-15-5-2-6-16-31)34-25-27-38-39-28-26-35(46(32-17-7-3-8-18-32)33-19-9-4-10-20-33)30-43(39)44(42(38)29-34)40-23-13-11-21-36(40)37-22-12-14-24-41(37)44;1-45(35-21-11-4-12-22-35)38-27-29-40-41-30-28-39(46(36-23-13-5-14-24-36)37-25-15-6-16-26-37)32-43(41)44(42(40)31-38,33-17-7-2-8-18-33)34-19-9-3-10-20-34;1-34(2)32-23-28(35(3)25-13-7-4-8-14-25)19-21-30(32)31-22-20-29(24-33(31)34)36(26-15-9-5-10-16-26)27-17-11-6-12-18-27/h2-30H,1H3;2-32H,1H3;4-24H,1-3H3. The van der Waals surface area contributed by atoms with E-state index >= 15 is 0 Å². The van der Waals surface area contributed by atoms with Crippen LogP contribution >= 0.6 is 0 Å². The van der Waals surface area contributed by atoms with Gasteiger partial charge in [-0.3, -0.25) is 0 Å². The molecule has 0 atom stereocenters. The molecule has 0 aromatic heterocycles. The van der Waals surface area contributed by atoms with Crippen molar-refractivity contribution < 1.29 is 0 Å². The SMILES string of the molecule is CN(c1ccccc1)c1ccc2c(c1)C(C)(C)c1cc(N(c3ccccc3)c3ccccc3)ccc1-2.CN(c1ccccc1)c1ccc2c(c1)C(c1ccccc1)(c1ccccc1)c1cc(N(c3ccccc3)c3ccccc3)ccc1-2.CN(c1ccccc1)c1ccc2c(c1)C1(c3ccccc3-c3ccccc31)c1cc(N(c3ccccc3)c3ccccc3)ccc1-2. The molecule has 0 amide bonds. The summed E-state index contributed by atoms with van der Waals surface area (Å²) < 4.78 is 0. The van der Waals surface area contributed by atoms with Gasteiger partial charge in [-0.25, -0.2) is 0 Å². The van der Waals surface area contributed by atoms with Crippen molar-refractivity contribution in [1.82, 2.24) is 0 Å². The summed E-state index contributed by atoms with van der Waals surface area (Å²) in [5.74, 6) is 0. The molecule has 0 heterocycles. The van der Waals surface area contributed by atoms with Gasteiger partial charge in [0.15, 0.2) is 0 Å². The topological polar surface area (TPSA) is 19.4 Å². The predicted octanol–water partition coefficient (Wildman–Crippen LogP) is 31.8. The van der Waals surface area contributed by atoms with E-state index in [-0.39, 0.29) is 5.41 Å². The molecule has 4 aliphatic rings. The Labute approximate surface area is 752 Å². The first-order valence-electron chi connectivity index (χ1n) is 44.3. The van der Waals surface area contributed by atoms with E-state index in [2.05, 4.69) is 556 Å². The van der Waals surface area contributed by atoms with Crippen LogP contribution in [0.4, 0.5) is 85.3 Å². The van der Waals surface area contributed by atoms with Gasteiger partial charge in [-0.1, -0.05) is 323 Å². The Morgan fingerprint density at radius 3 is 0.586 bits per heavy atom. The Hall–Kier alpha value is -16.0. The molecule has 6 nitrogen and oxygen atoms in total. The van der Waals surface area contributed by atoms with Gasteiger partial charge in [-0.2, -0.15) is 0 Å². The van der Waals surface area contributed by atoms with Crippen LogP contribution in [0.25, 0.3) is 44.5 Å². The molecule has 4 aliphatic carbocycles. The first-order valence-corrected chi connectivity index (χ1v) is 44.3. The highest BCUT2D eigenvalue weighted by atomic mass is 15.2. The van der Waals surface area contributed by atoms with Crippen molar-refractivity contribution in [2.24, 2.45) is 0 Å². The monoisotopic (exact) mass is 1640 g/mol. The van der Waals surface area contributed by atoms with E-state index < -0.39 is 10.8 Å². The Balaban J connectivity index is 0.000000118. The third-order valence-electron chi connectivity index (χ3n) is 26.7. The minimum Gasteiger partial charge on any atom is -0.345 e. The van der Waals surface area contributed by atoms with Crippen LogP contribution in [0.2, 0.25) is 0 Å². The molecule has 19 aromatic rings. The maximum absolute atomic E-state index is 2.45. The zero-order valence-corrected chi connectivity index (χ0v) is 72.4. The van der Waals surface area contributed by atoms with Gasteiger partial charge in [-0.15, -0.1) is 0 Å². The van der Waals surface area contributed by atoms with Crippen LogP contribution in [0, 0.1) is 0 Å². The summed E-state index contributed by atoms with van der Waals surface area (Å²) in [5.41, 5.74) is 39.9. The zero-order valence-electron chi connectivity index (χ0n) is 72.4. The van der Waals surface area contributed by atoms with E-state index in [1.165, 1.54) is 129 Å². The molecule has 0 saturated carbocycles. The molecule has 128 heavy (non-hydrogen) atoms. The van der Waals surface area contributed by atoms with E-state index in [1.54, 1.807) is 0 Å². The average molecular weight is 1650 g/mol. The molecule has 1 spiro atoms. The van der Waals surface area contributed by atoms with Crippen LogP contribution < -0.4 is 29.4 Å². The summed E-state index contributed by atoms with van der Waals surface area (Å²) in [4.78, 5) is 13.9. The van der Waals surface area contributed by atoms with Crippen molar-refractivity contribution in [3.05, 3.63) is 547 Å². The fourth-order valence-electron chi connectivity index (χ4n) is 20.5. The molecule has 0 unspecified atom stereocenters. The largest absolute Gasteiger partial charge is 0.345 e. The van der Waals surface area contributed by atoms with Crippen LogP contribution in [-0.4, -0.2) is 21.1 Å². The Morgan fingerprint density at radius 1 is 0.141 bits per heavy atom. The second-order valence-electron chi connectivity index (χ2n) is 34.0. The number of hydrogen-bond donors (Lipinski definition) is 0. The second kappa shape index (κ2) is 33.6. The predicted molar refractivity (Wildman–Crippen MR) is 538 cm³/mol. The Morgan fingerprint density at radius 2 is 0.320 bits per heavy atom. The molecular formula is C122H96N6. The highest BCUT2D eigenvalue weighted by molar-refractivity contribution is 5.99. The average Bonchev–Trinajstić information content (AvgIpc) is 1.52. The van der Waals surface area contributed by atoms with Gasteiger partial charge in [-0.05, 0) is 282 Å². The molecule has 614 valence electrons. The number of nitrogens with zero attached hydrogens (tertiary/aromatic N) is 6. The van der Waals surface area contributed by atoms with Crippen molar-refractivity contribution in [3.63, 3.8) is 0 Å². The van der Waals surface area contributed by atoms with Crippen molar-refractivity contribution in [2.45, 2.75) is 30.1 Å². The summed E-state index contributed by atoms with van der Waals surface area (Å²) in [7, 11) is 6.46. The molecule has 0 radical (unpaired) electrons. The lowest BCUT2D eigenvalue weighted by Crippen LogP contribution is -2.29. The van der Waals surface area contributed by atoms with Gasteiger partial charge in [0, 0.05) is 112 Å². The van der Waals surface area contributed by atoms with Crippen molar-refractivity contribution in [3.8, 4) is 44.5 Å². The molecule has 0 N–H and O–H groups in total. The highest BCUT2D eigenvalue weighted by Crippen LogP contribution is 2.65. The maximum atomic E-state index is 2.45. The molecule has 0 bridgehead atoms. The number of benzene rings is 19. The lowest BCUT2D eigenvalue weighted by Gasteiger charge is -2.35. The highest BCUT2D eigenvalue weighted by Gasteiger charge is 2.53. The molecule has 6 heteroatoms. The van der Waals surface area contributed by atoms with Crippen LogP contribution in [0.3, 0.4) is 0 Å². The molecule has 19 aromatic carbocycles. The minimum absolute atomic E-state index is 0.104. The first kappa shape index (κ1) is 79.2. The van der Waals surface area contributed by atoms with Crippen LogP contribution in [0.1, 0.15) is 69.5 Å². The number of anilines is 15. The van der Waals surface area contributed by atoms with E-state index in [0.717, 1.165) is 56.9 Å². The maximum Gasteiger partial charge on any atom is 0.0727 e. The van der Waals surface area contributed by atoms with Crippen LogP contribution in [0.15, 0.2) is 491 Å². The molecule has 23 rings (SSSR count). The van der Waals surface area contributed by atoms with Gasteiger partial charge in [0.1, 0.15) is 0 Å². The van der Waals surface area contributed by atoms with Gasteiger partial charge in [0.25, 0.3) is 0 Å². The number of fused-ring (bicyclic) bond motifs is 16. The quantitative estimate of drug-likeness (QED) is 0.0899. The van der Waals surface area contributed by atoms with Crippen molar-refractivity contribution in [2.75, 3.05) is 50.5 Å².